The number of anilines is 1. The Morgan fingerprint density at radius 2 is 1.90 bits per heavy atom. The number of ether oxygens (including phenoxy) is 1. The largest absolute Gasteiger partial charge is 0.480 e. The number of halogens is 1. The van der Waals surface area contributed by atoms with E-state index >= 15 is 0 Å². The van der Waals surface area contributed by atoms with Crippen molar-refractivity contribution in [3.63, 3.8) is 0 Å². The zero-order valence-corrected chi connectivity index (χ0v) is 13.9. The zero-order chi connectivity index (χ0) is 15.4. The second-order valence-corrected chi connectivity index (χ2v) is 5.85. The Hall–Kier alpha value is -1.81. The highest BCUT2D eigenvalue weighted by Gasteiger charge is 2.16. The topological polar surface area (TPSA) is 38.3 Å². The molecule has 0 heterocycles. The summed E-state index contributed by atoms with van der Waals surface area (Å²) >= 11 is 3.45. The fraction of sp³-hybridized carbons (Fsp3) is 0.235. The Labute approximate surface area is 133 Å². The zero-order valence-electron chi connectivity index (χ0n) is 12.3. The second kappa shape index (κ2) is 6.76. The maximum Gasteiger partial charge on any atom is 0.265 e. The summed E-state index contributed by atoms with van der Waals surface area (Å²) in [4.78, 5) is 12.2. The number of benzene rings is 2. The lowest BCUT2D eigenvalue weighted by Crippen LogP contribution is -2.30. The smallest absolute Gasteiger partial charge is 0.265 e. The van der Waals surface area contributed by atoms with Gasteiger partial charge in [-0.05, 0) is 66.0 Å². The van der Waals surface area contributed by atoms with E-state index in [1.165, 1.54) is 0 Å². The van der Waals surface area contributed by atoms with Crippen LogP contribution in [0.2, 0.25) is 0 Å². The Kier molecular flexibility index (Phi) is 5.02. The Balaban J connectivity index is 2.04. The molecule has 0 spiro atoms. The normalized spacial score (nSPS) is 11.8. The molecular formula is C17H18BrNO2. The van der Waals surface area contributed by atoms with E-state index in [0.29, 0.717) is 5.75 Å². The van der Waals surface area contributed by atoms with E-state index in [9.17, 15) is 4.79 Å². The number of nitrogens with one attached hydrogen (secondary N) is 1. The molecule has 110 valence electrons. The van der Waals surface area contributed by atoms with Gasteiger partial charge in [0, 0.05) is 5.69 Å². The van der Waals surface area contributed by atoms with Gasteiger partial charge in [-0.2, -0.15) is 0 Å². The first-order valence-corrected chi connectivity index (χ1v) is 7.56. The van der Waals surface area contributed by atoms with E-state index in [1.807, 2.05) is 56.3 Å². The molecule has 1 amide bonds. The van der Waals surface area contributed by atoms with Crippen molar-refractivity contribution >= 4 is 27.5 Å². The minimum Gasteiger partial charge on any atom is -0.480 e. The third-order valence-electron chi connectivity index (χ3n) is 3.16. The first-order chi connectivity index (χ1) is 9.97. The van der Waals surface area contributed by atoms with E-state index in [4.69, 9.17) is 4.74 Å². The van der Waals surface area contributed by atoms with Crippen LogP contribution in [0.4, 0.5) is 5.69 Å². The maximum atomic E-state index is 12.2. The second-order valence-electron chi connectivity index (χ2n) is 5.00. The molecule has 21 heavy (non-hydrogen) atoms. The average molecular weight is 348 g/mol. The van der Waals surface area contributed by atoms with Crippen molar-refractivity contribution in [3.05, 3.63) is 58.1 Å². The van der Waals surface area contributed by atoms with E-state index in [0.717, 1.165) is 21.3 Å². The lowest BCUT2D eigenvalue weighted by Gasteiger charge is -2.16. The summed E-state index contributed by atoms with van der Waals surface area (Å²) < 4.78 is 6.56. The van der Waals surface area contributed by atoms with Crippen LogP contribution in [0.15, 0.2) is 46.9 Å². The third kappa shape index (κ3) is 4.08. The van der Waals surface area contributed by atoms with Crippen molar-refractivity contribution in [3.8, 4) is 5.75 Å². The molecule has 0 aromatic heterocycles. The minimum atomic E-state index is -0.580. The van der Waals surface area contributed by atoms with Gasteiger partial charge in [-0.25, -0.2) is 0 Å². The summed E-state index contributed by atoms with van der Waals surface area (Å²) in [6.45, 7) is 5.69. The SMILES string of the molecule is Cc1ccc(OC(C)C(=O)Nc2ccccc2C)c(Br)c1. The molecule has 0 saturated heterocycles. The average Bonchev–Trinajstić information content (AvgIpc) is 2.44. The van der Waals surface area contributed by atoms with Crippen LogP contribution in [0.5, 0.6) is 5.75 Å². The number of para-hydroxylation sites is 1. The predicted octanol–water partition coefficient (Wildman–Crippen LogP) is 4.47. The molecule has 0 aliphatic rings. The van der Waals surface area contributed by atoms with Crippen LogP contribution < -0.4 is 10.1 Å². The highest BCUT2D eigenvalue weighted by atomic mass is 79.9. The van der Waals surface area contributed by atoms with Crippen LogP contribution in [-0.4, -0.2) is 12.0 Å². The number of aryl methyl sites for hydroxylation is 2. The molecule has 2 aromatic carbocycles. The molecule has 0 radical (unpaired) electrons. The van der Waals surface area contributed by atoms with Crippen LogP contribution in [0.1, 0.15) is 18.1 Å². The molecule has 0 saturated carbocycles. The highest BCUT2D eigenvalue weighted by Crippen LogP contribution is 2.27. The van der Waals surface area contributed by atoms with Crippen LogP contribution >= 0.6 is 15.9 Å². The summed E-state index contributed by atoms with van der Waals surface area (Å²) in [5.41, 5.74) is 2.96. The van der Waals surface area contributed by atoms with Gasteiger partial charge in [0.1, 0.15) is 5.75 Å². The van der Waals surface area contributed by atoms with Gasteiger partial charge in [-0.3, -0.25) is 4.79 Å². The van der Waals surface area contributed by atoms with Crippen LogP contribution in [0.25, 0.3) is 0 Å². The number of hydrogen-bond donors (Lipinski definition) is 1. The standard InChI is InChI=1S/C17H18BrNO2/c1-11-8-9-16(14(18)10-11)21-13(3)17(20)19-15-7-5-4-6-12(15)2/h4-10,13H,1-3H3,(H,19,20). The van der Waals surface area contributed by atoms with Crippen molar-refractivity contribution in [1.29, 1.82) is 0 Å². The van der Waals surface area contributed by atoms with Gasteiger partial charge in [0.15, 0.2) is 6.10 Å². The molecular weight excluding hydrogens is 330 g/mol. The summed E-state index contributed by atoms with van der Waals surface area (Å²) in [5, 5.41) is 2.88. The van der Waals surface area contributed by atoms with Gasteiger partial charge in [0.2, 0.25) is 0 Å². The first kappa shape index (κ1) is 15.6. The van der Waals surface area contributed by atoms with E-state index in [1.54, 1.807) is 6.92 Å². The Morgan fingerprint density at radius 3 is 2.57 bits per heavy atom. The van der Waals surface area contributed by atoms with Crippen molar-refractivity contribution in [2.75, 3.05) is 5.32 Å². The number of carbonyl (C=O) groups excluding carboxylic acids is 1. The summed E-state index contributed by atoms with van der Waals surface area (Å²) in [6, 6.07) is 13.4. The minimum absolute atomic E-state index is 0.170. The summed E-state index contributed by atoms with van der Waals surface area (Å²) in [5.74, 6) is 0.491. The molecule has 1 unspecified atom stereocenters. The molecule has 0 bridgehead atoms. The summed E-state index contributed by atoms with van der Waals surface area (Å²) in [6.07, 6.45) is -0.580. The Bertz CT molecular complexity index is 655. The lowest BCUT2D eigenvalue weighted by molar-refractivity contribution is -0.122. The fourth-order valence-corrected chi connectivity index (χ4v) is 2.48. The van der Waals surface area contributed by atoms with Crippen LogP contribution in [0, 0.1) is 13.8 Å². The lowest BCUT2D eigenvalue weighted by atomic mass is 10.2. The molecule has 1 N–H and O–H groups in total. The molecule has 1 atom stereocenters. The van der Waals surface area contributed by atoms with Gasteiger partial charge in [0.05, 0.1) is 4.47 Å². The van der Waals surface area contributed by atoms with E-state index in [2.05, 4.69) is 21.2 Å². The van der Waals surface area contributed by atoms with E-state index in [-0.39, 0.29) is 5.91 Å². The van der Waals surface area contributed by atoms with Crippen LogP contribution in [0.3, 0.4) is 0 Å². The molecule has 2 aromatic rings. The predicted molar refractivity (Wildman–Crippen MR) is 88.8 cm³/mol. The molecule has 0 aliphatic carbocycles. The molecule has 0 aliphatic heterocycles. The molecule has 4 heteroatoms. The van der Waals surface area contributed by atoms with Crippen molar-refractivity contribution in [2.24, 2.45) is 0 Å². The van der Waals surface area contributed by atoms with Crippen molar-refractivity contribution < 1.29 is 9.53 Å². The van der Waals surface area contributed by atoms with Gasteiger partial charge < -0.3 is 10.1 Å². The first-order valence-electron chi connectivity index (χ1n) is 6.76. The number of rotatable bonds is 4. The quantitative estimate of drug-likeness (QED) is 0.885. The summed E-state index contributed by atoms with van der Waals surface area (Å²) in [7, 11) is 0. The molecule has 3 nitrogen and oxygen atoms in total. The highest BCUT2D eigenvalue weighted by molar-refractivity contribution is 9.10. The molecule has 2 rings (SSSR count). The maximum absolute atomic E-state index is 12.2. The molecule has 0 fully saturated rings. The van der Waals surface area contributed by atoms with Gasteiger partial charge in [-0.1, -0.05) is 24.3 Å². The van der Waals surface area contributed by atoms with E-state index < -0.39 is 6.10 Å². The van der Waals surface area contributed by atoms with Gasteiger partial charge in [-0.15, -0.1) is 0 Å². The number of carbonyl (C=O) groups is 1. The Morgan fingerprint density at radius 1 is 1.19 bits per heavy atom. The van der Waals surface area contributed by atoms with Crippen molar-refractivity contribution in [1.82, 2.24) is 0 Å². The number of hydrogen-bond acceptors (Lipinski definition) is 2. The van der Waals surface area contributed by atoms with Gasteiger partial charge >= 0.3 is 0 Å². The van der Waals surface area contributed by atoms with Gasteiger partial charge in [0.25, 0.3) is 5.91 Å². The monoisotopic (exact) mass is 347 g/mol. The fourth-order valence-electron chi connectivity index (χ4n) is 1.89. The third-order valence-corrected chi connectivity index (χ3v) is 3.78. The number of amides is 1. The van der Waals surface area contributed by atoms with Crippen LogP contribution in [-0.2, 0) is 4.79 Å². The van der Waals surface area contributed by atoms with Crippen molar-refractivity contribution in [2.45, 2.75) is 26.9 Å².